The van der Waals surface area contributed by atoms with E-state index in [-0.39, 0.29) is 0 Å². The third-order valence-electron chi connectivity index (χ3n) is 2.26. The molecule has 0 atom stereocenters. The number of quaternary nitrogens is 1. The molecule has 1 aliphatic rings. The number of hydrogen-bond acceptors (Lipinski definition) is 1. The molecule has 0 aromatic rings. The maximum atomic E-state index is 4.04. The van der Waals surface area contributed by atoms with Crippen molar-refractivity contribution >= 4 is 0 Å². The summed E-state index contributed by atoms with van der Waals surface area (Å²) in [5, 5.41) is 3.30. The van der Waals surface area contributed by atoms with Gasteiger partial charge in [-0.25, -0.2) is 0 Å². The van der Waals surface area contributed by atoms with E-state index < -0.39 is 0 Å². The zero-order valence-electron chi connectivity index (χ0n) is 6.19. The van der Waals surface area contributed by atoms with Gasteiger partial charge in [-0.15, -0.1) is 0 Å². The molecule has 2 nitrogen and oxygen atoms in total. The van der Waals surface area contributed by atoms with Gasteiger partial charge in [-0.2, -0.15) is 0 Å². The minimum absolute atomic E-state index is 0.731. The molecule has 1 aliphatic carbocycles. The van der Waals surface area contributed by atoms with Gasteiger partial charge in [0.1, 0.15) is 0 Å². The molecule has 0 heterocycles. The zero-order valence-corrected chi connectivity index (χ0v) is 6.19. The van der Waals surface area contributed by atoms with E-state index in [1.54, 1.807) is 0 Å². The van der Waals surface area contributed by atoms with Crippen LogP contribution in [0.15, 0.2) is 0 Å². The van der Waals surface area contributed by atoms with Crippen LogP contribution < -0.4 is 11.1 Å². The Morgan fingerprint density at radius 1 is 1.22 bits per heavy atom. The van der Waals surface area contributed by atoms with Crippen molar-refractivity contribution < 1.29 is 5.73 Å². The highest BCUT2D eigenvalue weighted by molar-refractivity contribution is 4.73. The molecule has 0 aromatic heterocycles. The molecule has 0 saturated heterocycles. The van der Waals surface area contributed by atoms with Gasteiger partial charge in [0.25, 0.3) is 0 Å². The van der Waals surface area contributed by atoms with Crippen LogP contribution in [0.4, 0.5) is 0 Å². The van der Waals surface area contributed by atoms with Crippen molar-refractivity contribution in [3.63, 3.8) is 0 Å². The molecule has 2 heteroatoms. The van der Waals surface area contributed by atoms with Gasteiger partial charge in [-0.05, 0) is 19.9 Å². The van der Waals surface area contributed by atoms with Crippen LogP contribution in [-0.2, 0) is 0 Å². The van der Waals surface area contributed by atoms with Gasteiger partial charge in [0, 0.05) is 18.9 Å². The average molecular weight is 129 g/mol. The van der Waals surface area contributed by atoms with Gasteiger partial charge in [0.05, 0.1) is 6.04 Å². The van der Waals surface area contributed by atoms with Gasteiger partial charge >= 0.3 is 0 Å². The Hall–Kier alpha value is -0.0800. The zero-order chi connectivity index (χ0) is 6.69. The summed E-state index contributed by atoms with van der Waals surface area (Å²) in [6.07, 6.45) is 5.27. The molecule has 0 aliphatic heterocycles. The summed E-state index contributed by atoms with van der Waals surface area (Å²) < 4.78 is 0. The molecule has 1 rings (SSSR count). The monoisotopic (exact) mass is 129 g/mol. The highest BCUT2D eigenvalue weighted by Crippen LogP contribution is 2.14. The van der Waals surface area contributed by atoms with Crippen LogP contribution in [-0.4, -0.2) is 19.1 Å². The van der Waals surface area contributed by atoms with Crippen molar-refractivity contribution in [1.29, 1.82) is 0 Å². The summed E-state index contributed by atoms with van der Waals surface area (Å²) in [5.74, 6) is 0. The van der Waals surface area contributed by atoms with Gasteiger partial charge in [0.15, 0.2) is 0 Å². The summed E-state index contributed by atoms with van der Waals surface area (Å²) in [5.41, 5.74) is 4.04. The predicted molar refractivity (Wildman–Crippen MR) is 38.0 cm³/mol. The Morgan fingerprint density at radius 2 is 1.78 bits per heavy atom. The highest BCUT2D eigenvalue weighted by atomic mass is 14.9. The molecule has 0 bridgehead atoms. The van der Waals surface area contributed by atoms with Gasteiger partial charge in [0.2, 0.25) is 0 Å². The van der Waals surface area contributed by atoms with E-state index in [2.05, 4.69) is 11.1 Å². The second-order valence-electron chi connectivity index (χ2n) is 3.01. The molecule has 1 saturated carbocycles. The third-order valence-corrected chi connectivity index (χ3v) is 2.26. The molecule has 1 fully saturated rings. The minimum atomic E-state index is 0.731. The quantitative estimate of drug-likeness (QED) is 0.504. The normalized spacial score (nSPS) is 36.7. The first-order valence-corrected chi connectivity index (χ1v) is 3.83. The van der Waals surface area contributed by atoms with E-state index in [1.165, 1.54) is 25.7 Å². The second-order valence-corrected chi connectivity index (χ2v) is 3.01. The molecular weight excluding hydrogens is 112 g/mol. The van der Waals surface area contributed by atoms with Crippen LogP contribution in [0.1, 0.15) is 25.7 Å². The van der Waals surface area contributed by atoms with Gasteiger partial charge in [-0.3, -0.25) is 0 Å². The van der Waals surface area contributed by atoms with E-state index in [4.69, 9.17) is 0 Å². The minimum Gasteiger partial charge on any atom is -0.355 e. The lowest BCUT2D eigenvalue weighted by molar-refractivity contribution is -0.425. The molecule has 0 radical (unpaired) electrons. The lowest BCUT2D eigenvalue weighted by atomic mass is 9.92. The van der Waals surface area contributed by atoms with E-state index in [0.717, 1.165) is 12.1 Å². The largest absolute Gasteiger partial charge is 0.355 e. The first kappa shape index (κ1) is 7.03. The van der Waals surface area contributed by atoms with Gasteiger partial charge in [-0.1, -0.05) is 0 Å². The first-order chi connectivity index (χ1) is 4.33. The summed E-state index contributed by atoms with van der Waals surface area (Å²) in [6, 6.07) is 1.51. The van der Waals surface area contributed by atoms with Crippen LogP contribution in [0.5, 0.6) is 0 Å². The van der Waals surface area contributed by atoms with Crippen molar-refractivity contribution in [2.24, 2.45) is 0 Å². The molecule has 0 spiro atoms. The molecule has 0 aromatic carbocycles. The average Bonchev–Trinajstić information content (AvgIpc) is 1.90. The predicted octanol–water partition coefficient (Wildman–Crippen LogP) is -0.241. The Balaban J connectivity index is 2.18. The Bertz CT molecular complexity index is 75.0. The smallest absolute Gasteiger partial charge is 0.0844 e. The van der Waals surface area contributed by atoms with Crippen LogP contribution in [0.3, 0.4) is 0 Å². The summed E-state index contributed by atoms with van der Waals surface area (Å²) in [6.45, 7) is 0. The van der Waals surface area contributed by atoms with Crippen LogP contribution >= 0.6 is 0 Å². The molecule has 0 unspecified atom stereocenters. The van der Waals surface area contributed by atoms with Crippen molar-refractivity contribution in [2.45, 2.75) is 37.8 Å². The number of rotatable bonds is 1. The fourth-order valence-electron chi connectivity index (χ4n) is 1.45. The highest BCUT2D eigenvalue weighted by Gasteiger charge is 2.18. The van der Waals surface area contributed by atoms with Crippen LogP contribution in [0.25, 0.3) is 0 Å². The third kappa shape index (κ3) is 1.95. The first-order valence-electron chi connectivity index (χ1n) is 3.83. The van der Waals surface area contributed by atoms with Crippen molar-refractivity contribution in [3.8, 4) is 0 Å². The summed E-state index contributed by atoms with van der Waals surface area (Å²) in [4.78, 5) is 0. The summed E-state index contributed by atoms with van der Waals surface area (Å²) in [7, 11) is 2.05. The molecular formula is C7H17N2+. The maximum absolute atomic E-state index is 4.04. The topological polar surface area (TPSA) is 39.7 Å². The van der Waals surface area contributed by atoms with E-state index >= 15 is 0 Å². The SMILES string of the molecule is CNC1CCC([NH3+])CC1. The molecule has 4 N–H and O–H groups in total. The Morgan fingerprint density at radius 3 is 2.22 bits per heavy atom. The Labute approximate surface area is 56.8 Å². The maximum Gasteiger partial charge on any atom is 0.0844 e. The van der Waals surface area contributed by atoms with E-state index in [0.29, 0.717) is 0 Å². The lowest BCUT2D eigenvalue weighted by Gasteiger charge is -2.23. The van der Waals surface area contributed by atoms with Crippen LogP contribution in [0.2, 0.25) is 0 Å². The molecule has 54 valence electrons. The van der Waals surface area contributed by atoms with Crippen molar-refractivity contribution in [2.75, 3.05) is 7.05 Å². The number of hydrogen-bond donors (Lipinski definition) is 2. The van der Waals surface area contributed by atoms with Crippen molar-refractivity contribution in [1.82, 2.24) is 5.32 Å². The van der Waals surface area contributed by atoms with E-state index in [1.807, 2.05) is 7.05 Å². The second kappa shape index (κ2) is 3.18. The molecule has 0 amide bonds. The fraction of sp³-hybridized carbons (Fsp3) is 1.00. The number of nitrogens with one attached hydrogen (secondary N) is 1. The van der Waals surface area contributed by atoms with Crippen molar-refractivity contribution in [3.05, 3.63) is 0 Å². The molecule has 9 heavy (non-hydrogen) atoms. The van der Waals surface area contributed by atoms with Gasteiger partial charge < -0.3 is 11.1 Å². The lowest BCUT2D eigenvalue weighted by Crippen LogP contribution is -2.62. The fourth-order valence-corrected chi connectivity index (χ4v) is 1.45. The standard InChI is InChI=1S/C7H16N2/c1-9-7-4-2-6(8)3-5-7/h6-7,9H,2-5,8H2,1H3/p+1. The summed E-state index contributed by atoms with van der Waals surface area (Å²) >= 11 is 0. The van der Waals surface area contributed by atoms with E-state index in [9.17, 15) is 0 Å². The van der Waals surface area contributed by atoms with Crippen LogP contribution in [0, 0.1) is 0 Å². The Kier molecular flexibility index (Phi) is 2.49.